The molecule has 5 aromatic rings. The van der Waals surface area contributed by atoms with Gasteiger partial charge in [0.1, 0.15) is 0 Å². The zero-order valence-corrected chi connectivity index (χ0v) is 21.8. The second-order valence-electron chi connectivity index (χ2n) is 8.55. The van der Waals surface area contributed by atoms with E-state index in [-0.39, 0.29) is 11.6 Å². The van der Waals surface area contributed by atoms with E-state index in [1.54, 1.807) is 42.5 Å². The van der Waals surface area contributed by atoms with Gasteiger partial charge in [0.25, 0.3) is 5.82 Å². The van der Waals surface area contributed by atoms with Crippen LogP contribution in [0.2, 0.25) is 10.0 Å². The van der Waals surface area contributed by atoms with E-state index in [1.807, 2.05) is 61.5 Å². The van der Waals surface area contributed by atoms with E-state index in [0.717, 1.165) is 16.7 Å². The number of nitrogens with zero attached hydrogens (tertiary/aromatic N) is 3. The van der Waals surface area contributed by atoms with E-state index in [1.165, 1.54) is 4.68 Å². The molecule has 6 nitrogen and oxygen atoms in total. The number of aromatic nitrogens is 3. The highest BCUT2D eigenvalue weighted by molar-refractivity contribution is 6.31. The first-order valence-electron chi connectivity index (χ1n) is 11.7. The molecule has 0 aliphatic carbocycles. The van der Waals surface area contributed by atoms with Crippen molar-refractivity contribution < 1.29 is 14.3 Å². The first kappa shape index (κ1) is 25.4. The van der Waals surface area contributed by atoms with Crippen molar-refractivity contribution in [2.24, 2.45) is 0 Å². The third-order valence-corrected chi connectivity index (χ3v) is 6.39. The number of aryl methyl sites for hydroxylation is 1. The smallest absolute Gasteiger partial charge is 0.378 e. The van der Waals surface area contributed by atoms with Gasteiger partial charge >= 0.3 is 5.97 Å². The number of carbonyl (C=O) groups is 2. The number of ketones is 1. The maximum atomic E-state index is 12.9. The van der Waals surface area contributed by atoms with Gasteiger partial charge in [0.15, 0.2) is 18.2 Å². The van der Waals surface area contributed by atoms with Crippen LogP contribution in [-0.2, 0) is 4.74 Å². The van der Waals surface area contributed by atoms with Crippen LogP contribution in [0.3, 0.4) is 0 Å². The summed E-state index contributed by atoms with van der Waals surface area (Å²) in [4.78, 5) is 30.0. The molecule has 0 aliphatic heterocycles. The summed E-state index contributed by atoms with van der Waals surface area (Å²) in [6.45, 7) is 1.45. The number of halogens is 2. The number of benzene rings is 4. The maximum Gasteiger partial charge on any atom is 0.378 e. The number of carbonyl (C=O) groups excluding carboxylic acids is 2. The van der Waals surface area contributed by atoms with Gasteiger partial charge in [-0.15, -0.1) is 5.10 Å². The van der Waals surface area contributed by atoms with Crippen LogP contribution >= 0.6 is 23.2 Å². The summed E-state index contributed by atoms with van der Waals surface area (Å²) in [6.07, 6.45) is 0. The molecular weight excluding hydrogens is 521 g/mol. The fourth-order valence-electron chi connectivity index (χ4n) is 3.95. The summed E-state index contributed by atoms with van der Waals surface area (Å²) in [5, 5.41) is 5.42. The van der Waals surface area contributed by atoms with Gasteiger partial charge in [-0.3, -0.25) is 4.79 Å². The maximum absolute atomic E-state index is 12.9. The lowest BCUT2D eigenvalue weighted by Gasteiger charge is -2.09. The predicted octanol–water partition coefficient (Wildman–Crippen LogP) is 7.26. The summed E-state index contributed by atoms with van der Waals surface area (Å²) in [6, 6.07) is 29.4. The lowest BCUT2D eigenvalue weighted by Crippen LogP contribution is -2.15. The summed E-state index contributed by atoms with van der Waals surface area (Å²) >= 11 is 12.4. The van der Waals surface area contributed by atoms with Gasteiger partial charge in [0.2, 0.25) is 0 Å². The van der Waals surface area contributed by atoms with E-state index in [2.05, 4.69) is 10.1 Å². The fourth-order valence-corrected chi connectivity index (χ4v) is 4.31. The quantitative estimate of drug-likeness (QED) is 0.160. The molecule has 5 rings (SSSR count). The Bertz CT molecular complexity index is 1630. The van der Waals surface area contributed by atoms with E-state index >= 15 is 0 Å². The van der Waals surface area contributed by atoms with Crippen LogP contribution in [0.25, 0.3) is 28.2 Å². The number of Topliss-reactive ketones (excluding diaryl/α,β-unsaturated/α-hetero) is 1. The molecule has 0 amide bonds. The van der Waals surface area contributed by atoms with E-state index in [0.29, 0.717) is 32.7 Å². The zero-order valence-electron chi connectivity index (χ0n) is 20.3. The van der Waals surface area contributed by atoms with Crippen LogP contribution in [0, 0.1) is 6.92 Å². The van der Waals surface area contributed by atoms with Gasteiger partial charge in [-0.25, -0.2) is 14.5 Å². The summed E-state index contributed by atoms with van der Waals surface area (Å²) in [7, 11) is 0. The van der Waals surface area contributed by atoms with Crippen molar-refractivity contribution in [3.63, 3.8) is 0 Å². The zero-order chi connectivity index (χ0) is 26.6. The number of hydrogen-bond donors (Lipinski definition) is 0. The highest BCUT2D eigenvalue weighted by Gasteiger charge is 2.22. The molecule has 0 spiro atoms. The van der Waals surface area contributed by atoms with E-state index < -0.39 is 12.6 Å². The van der Waals surface area contributed by atoms with Gasteiger partial charge in [0.05, 0.1) is 5.69 Å². The minimum absolute atomic E-state index is 0.188. The molecule has 4 aromatic carbocycles. The molecule has 0 fully saturated rings. The first-order valence-corrected chi connectivity index (χ1v) is 12.5. The van der Waals surface area contributed by atoms with Gasteiger partial charge in [-0.05, 0) is 47.9 Å². The second-order valence-corrected chi connectivity index (χ2v) is 9.43. The van der Waals surface area contributed by atoms with Crippen molar-refractivity contribution in [1.82, 2.24) is 14.8 Å². The van der Waals surface area contributed by atoms with Crippen LogP contribution in [0.4, 0.5) is 0 Å². The molecule has 0 unspecified atom stereocenters. The SMILES string of the molecule is Cc1ccc(Cl)cc1-n1nc(C(=O)OCC(=O)c2ccc(-c3ccccc3)cc2)nc1-c1cccc(Cl)c1. The largest absolute Gasteiger partial charge is 0.451 e. The Morgan fingerprint density at radius 1 is 0.789 bits per heavy atom. The molecule has 0 saturated carbocycles. The molecule has 188 valence electrons. The van der Waals surface area contributed by atoms with Crippen LogP contribution in [0.15, 0.2) is 97.1 Å². The number of rotatable bonds is 7. The Balaban J connectivity index is 1.37. The minimum Gasteiger partial charge on any atom is -0.451 e. The molecule has 0 bridgehead atoms. The Morgan fingerprint density at radius 3 is 2.21 bits per heavy atom. The molecule has 1 aromatic heterocycles. The average molecular weight is 542 g/mol. The summed E-state index contributed by atoms with van der Waals surface area (Å²) < 4.78 is 6.82. The third kappa shape index (κ3) is 5.52. The second kappa shape index (κ2) is 11.0. The van der Waals surface area contributed by atoms with Crippen LogP contribution in [0.1, 0.15) is 26.5 Å². The van der Waals surface area contributed by atoms with Gasteiger partial charge in [0, 0.05) is 21.2 Å². The molecule has 0 N–H and O–H groups in total. The third-order valence-electron chi connectivity index (χ3n) is 5.92. The van der Waals surface area contributed by atoms with Crippen molar-refractivity contribution in [3.05, 3.63) is 124 Å². The van der Waals surface area contributed by atoms with Gasteiger partial charge < -0.3 is 4.74 Å². The molecule has 0 saturated heterocycles. The molecular formula is C30H21Cl2N3O3. The number of ether oxygens (including phenoxy) is 1. The first-order chi connectivity index (χ1) is 18.4. The molecule has 0 aliphatic rings. The van der Waals surface area contributed by atoms with Crippen LogP contribution < -0.4 is 0 Å². The van der Waals surface area contributed by atoms with Crippen molar-refractivity contribution in [2.75, 3.05) is 6.61 Å². The van der Waals surface area contributed by atoms with Gasteiger partial charge in [-0.2, -0.15) is 0 Å². The number of esters is 1. The Hall–Kier alpha value is -4.26. The van der Waals surface area contributed by atoms with Crippen molar-refractivity contribution >= 4 is 35.0 Å². The normalized spacial score (nSPS) is 10.8. The summed E-state index contributed by atoms with van der Waals surface area (Å²) in [5.74, 6) is -0.960. The Kier molecular flexibility index (Phi) is 7.36. The highest BCUT2D eigenvalue weighted by Crippen LogP contribution is 2.27. The van der Waals surface area contributed by atoms with Crippen LogP contribution in [0.5, 0.6) is 0 Å². The van der Waals surface area contributed by atoms with Crippen molar-refractivity contribution in [2.45, 2.75) is 6.92 Å². The fraction of sp³-hybridized carbons (Fsp3) is 0.0667. The highest BCUT2D eigenvalue weighted by atomic mass is 35.5. The molecule has 8 heteroatoms. The molecule has 38 heavy (non-hydrogen) atoms. The lowest BCUT2D eigenvalue weighted by molar-refractivity contribution is 0.0462. The average Bonchev–Trinajstić information content (AvgIpc) is 3.39. The topological polar surface area (TPSA) is 74.1 Å². The minimum atomic E-state index is -0.819. The van der Waals surface area contributed by atoms with Crippen molar-refractivity contribution in [3.8, 4) is 28.2 Å². The van der Waals surface area contributed by atoms with E-state index in [9.17, 15) is 9.59 Å². The Labute approximate surface area is 229 Å². The monoisotopic (exact) mass is 541 g/mol. The standard InChI is InChI=1S/C30H21Cl2N3O3/c1-19-10-15-25(32)17-26(19)35-29(23-8-5-9-24(31)16-23)33-28(34-35)30(37)38-18-27(36)22-13-11-21(12-14-22)20-6-3-2-4-7-20/h2-17H,18H2,1H3. The van der Waals surface area contributed by atoms with Gasteiger partial charge in [-0.1, -0.05) is 96.0 Å². The van der Waals surface area contributed by atoms with E-state index in [4.69, 9.17) is 27.9 Å². The predicted molar refractivity (Wildman–Crippen MR) is 148 cm³/mol. The molecule has 0 atom stereocenters. The van der Waals surface area contributed by atoms with Crippen molar-refractivity contribution in [1.29, 1.82) is 0 Å². The summed E-state index contributed by atoms with van der Waals surface area (Å²) in [5.41, 5.74) is 4.64. The lowest BCUT2D eigenvalue weighted by atomic mass is 10.0. The molecule has 0 radical (unpaired) electrons. The van der Waals surface area contributed by atoms with Crippen LogP contribution in [-0.4, -0.2) is 33.1 Å². The number of hydrogen-bond acceptors (Lipinski definition) is 5. The molecule has 1 heterocycles. The Morgan fingerprint density at radius 2 is 1.47 bits per heavy atom.